The molecule has 0 amide bonds. The minimum absolute atomic E-state index is 0.102. The Labute approximate surface area is 137 Å². The van der Waals surface area contributed by atoms with Crippen LogP contribution in [0.5, 0.6) is 5.75 Å². The Balaban J connectivity index is 2.10. The average molecular weight is 331 g/mol. The number of nitrogens with zero attached hydrogens (tertiary/aromatic N) is 1. The first-order chi connectivity index (χ1) is 10.9. The molecule has 0 saturated carbocycles. The molecule has 4 nitrogen and oxygen atoms in total. The summed E-state index contributed by atoms with van der Waals surface area (Å²) in [5.41, 5.74) is 2.56. The Kier molecular flexibility index (Phi) is 4.06. The predicted octanol–water partition coefficient (Wildman–Crippen LogP) is 3.31. The van der Waals surface area contributed by atoms with Crippen molar-refractivity contribution in [3.63, 3.8) is 0 Å². The van der Waals surface area contributed by atoms with E-state index in [9.17, 15) is 13.5 Å². The minimum Gasteiger partial charge on any atom is -0.508 e. The Morgan fingerprint density at radius 1 is 1.13 bits per heavy atom. The van der Waals surface area contributed by atoms with Gasteiger partial charge in [0.2, 0.25) is 0 Å². The summed E-state index contributed by atoms with van der Waals surface area (Å²) >= 11 is 0. The van der Waals surface area contributed by atoms with Crippen LogP contribution < -0.4 is 4.90 Å². The van der Waals surface area contributed by atoms with Gasteiger partial charge in [0.15, 0.2) is 9.84 Å². The molecule has 0 bridgehead atoms. The lowest BCUT2D eigenvalue weighted by atomic mass is 10.0. The van der Waals surface area contributed by atoms with Gasteiger partial charge in [-0.1, -0.05) is 12.1 Å². The minimum atomic E-state index is -3.46. The molecule has 0 spiro atoms. The molecule has 122 valence electrons. The van der Waals surface area contributed by atoms with Gasteiger partial charge in [-0.2, -0.15) is 0 Å². The number of hydrogen-bond donors (Lipinski definition) is 1. The fourth-order valence-corrected chi connectivity index (χ4v) is 5.25. The summed E-state index contributed by atoms with van der Waals surface area (Å²) < 4.78 is 26.2. The molecule has 5 heteroatoms. The van der Waals surface area contributed by atoms with Gasteiger partial charge in [-0.3, -0.25) is 0 Å². The molecule has 0 fully saturated rings. The monoisotopic (exact) mass is 331 g/mol. The van der Waals surface area contributed by atoms with Crippen molar-refractivity contribution in [3.05, 3.63) is 53.6 Å². The first kappa shape index (κ1) is 15.9. The maximum absolute atomic E-state index is 13.1. The standard InChI is InChI=1S/C18H21NO3S/c1-19(2)15-9-10-18-13(11-15)6-4-8-17(23(18,21)22)14-5-3-7-16(20)12-14/h3,5,7,9-12,17,20H,4,6,8H2,1-2H3. The summed E-state index contributed by atoms with van der Waals surface area (Å²) in [6, 6.07) is 12.1. The van der Waals surface area contributed by atoms with E-state index in [1.807, 2.05) is 31.1 Å². The lowest BCUT2D eigenvalue weighted by molar-refractivity contribution is 0.474. The summed E-state index contributed by atoms with van der Waals surface area (Å²) in [5, 5.41) is 9.08. The molecular weight excluding hydrogens is 310 g/mol. The smallest absolute Gasteiger partial charge is 0.185 e. The second-order valence-electron chi connectivity index (χ2n) is 6.21. The molecule has 1 N–H and O–H groups in total. The first-order valence-corrected chi connectivity index (χ1v) is 9.27. The molecule has 0 radical (unpaired) electrons. The topological polar surface area (TPSA) is 57.6 Å². The molecule has 0 saturated heterocycles. The largest absolute Gasteiger partial charge is 0.508 e. The summed E-state index contributed by atoms with van der Waals surface area (Å²) in [5.74, 6) is 0.102. The van der Waals surface area contributed by atoms with E-state index in [2.05, 4.69) is 0 Å². The van der Waals surface area contributed by atoms with Crippen molar-refractivity contribution >= 4 is 15.5 Å². The SMILES string of the molecule is CN(C)c1ccc2c(c1)CCCC(c1cccc(O)c1)S2(=O)=O. The molecule has 1 atom stereocenters. The lowest BCUT2D eigenvalue weighted by Gasteiger charge is -2.18. The fraction of sp³-hybridized carbons (Fsp3) is 0.333. The van der Waals surface area contributed by atoms with Crippen LogP contribution in [0, 0.1) is 0 Å². The highest BCUT2D eigenvalue weighted by atomic mass is 32.2. The second-order valence-corrected chi connectivity index (χ2v) is 8.31. The number of phenols is 1. The van der Waals surface area contributed by atoms with Crippen molar-refractivity contribution in [3.8, 4) is 5.75 Å². The van der Waals surface area contributed by atoms with Crippen LogP contribution in [0.4, 0.5) is 5.69 Å². The number of rotatable bonds is 2. The van der Waals surface area contributed by atoms with Crippen LogP contribution in [0.1, 0.15) is 29.2 Å². The van der Waals surface area contributed by atoms with Crippen molar-refractivity contribution in [2.24, 2.45) is 0 Å². The quantitative estimate of drug-likeness (QED) is 0.917. The Bertz CT molecular complexity index is 828. The van der Waals surface area contributed by atoms with Crippen LogP contribution in [0.15, 0.2) is 47.4 Å². The molecule has 2 aromatic rings. The third kappa shape index (κ3) is 2.93. The fourth-order valence-electron chi connectivity index (χ4n) is 3.17. The number of fused-ring (bicyclic) bond motifs is 1. The van der Waals surface area contributed by atoms with Crippen molar-refractivity contribution in [2.45, 2.75) is 29.4 Å². The van der Waals surface area contributed by atoms with E-state index in [0.717, 1.165) is 24.1 Å². The third-order valence-electron chi connectivity index (χ3n) is 4.40. The number of hydrogen-bond acceptors (Lipinski definition) is 4. The molecule has 0 aromatic heterocycles. The summed E-state index contributed by atoms with van der Waals surface area (Å²) in [7, 11) is 0.433. The highest BCUT2D eigenvalue weighted by Gasteiger charge is 2.33. The first-order valence-electron chi connectivity index (χ1n) is 7.72. The number of anilines is 1. The van der Waals surface area contributed by atoms with Gasteiger partial charge in [-0.25, -0.2) is 8.42 Å². The van der Waals surface area contributed by atoms with Gasteiger partial charge in [0.05, 0.1) is 10.1 Å². The van der Waals surface area contributed by atoms with Crippen LogP contribution >= 0.6 is 0 Å². The van der Waals surface area contributed by atoms with E-state index >= 15 is 0 Å². The zero-order valence-electron chi connectivity index (χ0n) is 13.4. The molecule has 2 aromatic carbocycles. The lowest BCUT2D eigenvalue weighted by Crippen LogP contribution is -2.14. The zero-order chi connectivity index (χ0) is 16.6. The number of aryl methyl sites for hydroxylation is 1. The third-order valence-corrected chi connectivity index (χ3v) is 6.66. The highest BCUT2D eigenvalue weighted by molar-refractivity contribution is 7.91. The maximum atomic E-state index is 13.1. The normalized spacial score (nSPS) is 19.7. The molecule has 1 unspecified atom stereocenters. The van der Waals surface area contributed by atoms with Crippen molar-refractivity contribution in [1.29, 1.82) is 0 Å². The zero-order valence-corrected chi connectivity index (χ0v) is 14.2. The number of benzene rings is 2. The van der Waals surface area contributed by atoms with Gasteiger partial charge in [-0.15, -0.1) is 0 Å². The Morgan fingerprint density at radius 2 is 1.91 bits per heavy atom. The average Bonchev–Trinajstić information content (AvgIpc) is 2.63. The van der Waals surface area contributed by atoms with E-state index in [-0.39, 0.29) is 5.75 Å². The molecule has 23 heavy (non-hydrogen) atoms. The van der Waals surface area contributed by atoms with Crippen LogP contribution in [0.2, 0.25) is 0 Å². The summed E-state index contributed by atoms with van der Waals surface area (Å²) in [6.45, 7) is 0. The molecule has 1 aliphatic heterocycles. The maximum Gasteiger partial charge on any atom is 0.185 e. The van der Waals surface area contributed by atoms with Gasteiger partial charge < -0.3 is 10.0 Å². The van der Waals surface area contributed by atoms with E-state index in [1.165, 1.54) is 0 Å². The molecule has 0 aliphatic carbocycles. The van der Waals surface area contributed by atoms with Gasteiger partial charge in [-0.05, 0) is 60.7 Å². The number of aromatic hydroxyl groups is 1. The Hall–Kier alpha value is -2.01. The van der Waals surface area contributed by atoms with E-state index in [0.29, 0.717) is 16.9 Å². The number of sulfone groups is 1. The molecule has 3 rings (SSSR count). The van der Waals surface area contributed by atoms with Crippen LogP contribution in [-0.2, 0) is 16.3 Å². The molecular formula is C18H21NO3S. The van der Waals surface area contributed by atoms with Crippen LogP contribution in [0.25, 0.3) is 0 Å². The van der Waals surface area contributed by atoms with Crippen LogP contribution in [0.3, 0.4) is 0 Å². The van der Waals surface area contributed by atoms with Crippen molar-refractivity contribution < 1.29 is 13.5 Å². The Morgan fingerprint density at radius 3 is 2.61 bits per heavy atom. The van der Waals surface area contributed by atoms with Gasteiger partial charge >= 0.3 is 0 Å². The summed E-state index contributed by atoms with van der Waals surface area (Å²) in [6.07, 6.45) is 2.13. The predicted molar refractivity (Wildman–Crippen MR) is 91.7 cm³/mol. The van der Waals surface area contributed by atoms with E-state index in [4.69, 9.17) is 0 Å². The van der Waals surface area contributed by atoms with Crippen molar-refractivity contribution in [2.75, 3.05) is 19.0 Å². The van der Waals surface area contributed by atoms with Crippen molar-refractivity contribution in [1.82, 2.24) is 0 Å². The van der Waals surface area contributed by atoms with Crippen LogP contribution in [-0.4, -0.2) is 27.6 Å². The summed E-state index contributed by atoms with van der Waals surface area (Å²) in [4.78, 5) is 2.40. The van der Waals surface area contributed by atoms with E-state index in [1.54, 1.807) is 30.3 Å². The highest BCUT2D eigenvalue weighted by Crippen LogP contribution is 2.39. The second kappa shape index (κ2) is 5.89. The molecule has 1 aliphatic rings. The van der Waals surface area contributed by atoms with Gasteiger partial charge in [0.25, 0.3) is 0 Å². The van der Waals surface area contributed by atoms with Gasteiger partial charge in [0, 0.05) is 19.8 Å². The van der Waals surface area contributed by atoms with E-state index < -0.39 is 15.1 Å². The molecule has 1 heterocycles. The number of phenolic OH excluding ortho intramolecular Hbond substituents is 1. The van der Waals surface area contributed by atoms with Gasteiger partial charge in [0.1, 0.15) is 5.75 Å².